The van der Waals surface area contributed by atoms with E-state index in [1.807, 2.05) is 0 Å². The second kappa shape index (κ2) is 9.38. The van der Waals surface area contributed by atoms with E-state index < -0.39 is 5.97 Å². The van der Waals surface area contributed by atoms with Gasteiger partial charge >= 0.3 is 11.9 Å². The minimum atomic E-state index is -1.08. The first-order valence-corrected chi connectivity index (χ1v) is 9.52. The van der Waals surface area contributed by atoms with Crippen LogP contribution in [-0.4, -0.2) is 39.0 Å². The molecule has 0 unspecified atom stereocenters. The molecule has 0 aliphatic heterocycles. The molecule has 7 nitrogen and oxygen atoms in total. The molecule has 1 N–H and O–H groups in total. The van der Waals surface area contributed by atoms with Crippen molar-refractivity contribution in [2.75, 3.05) is 12.4 Å². The van der Waals surface area contributed by atoms with Gasteiger partial charge in [0.2, 0.25) is 0 Å². The van der Waals surface area contributed by atoms with E-state index in [-0.39, 0.29) is 29.5 Å². The molecule has 0 amide bonds. The van der Waals surface area contributed by atoms with Crippen LogP contribution in [0.5, 0.6) is 0 Å². The Morgan fingerprint density at radius 1 is 1.27 bits per heavy atom. The lowest BCUT2D eigenvalue weighted by Crippen LogP contribution is -2.24. The number of carboxylic acids is 1. The zero-order valence-corrected chi connectivity index (χ0v) is 15.7. The monoisotopic (exact) mass is 378 g/mol. The van der Waals surface area contributed by atoms with Gasteiger partial charge in [-0.05, 0) is 31.5 Å². The Balaban J connectivity index is 2.45. The van der Waals surface area contributed by atoms with Gasteiger partial charge in [-0.25, -0.2) is 9.78 Å². The van der Waals surface area contributed by atoms with Gasteiger partial charge in [0.15, 0.2) is 5.16 Å². The molecule has 140 valence electrons. The Kier molecular flexibility index (Phi) is 7.20. The van der Waals surface area contributed by atoms with Gasteiger partial charge in [-0.15, -0.1) is 0 Å². The first kappa shape index (κ1) is 20.0. The highest BCUT2D eigenvalue weighted by Crippen LogP contribution is 2.20. The van der Waals surface area contributed by atoms with Crippen molar-refractivity contribution in [3.05, 3.63) is 34.1 Å². The number of rotatable bonds is 9. The number of carboxylic acid groups (broad SMARTS) is 1. The second-order valence-electron chi connectivity index (χ2n) is 5.69. The highest BCUT2D eigenvalue weighted by molar-refractivity contribution is 7.99. The summed E-state index contributed by atoms with van der Waals surface area (Å²) in [6, 6.07) is 4.27. The smallest absolute Gasteiger partial charge is 0.335 e. The number of benzene rings is 1. The van der Waals surface area contributed by atoms with Crippen molar-refractivity contribution < 1.29 is 19.4 Å². The summed E-state index contributed by atoms with van der Waals surface area (Å²) in [5.74, 6) is -1.43. The summed E-state index contributed by atoms with van der Waals surface area (Å²) >= 11 is 1.13. The average molecular weight is 378 g/mol. The molecule has 0 radical (unpaired) electrons. The number of nitrogens with zero attached hydrogens (tertiary/aromatic N) is 2. The molecular formula is C18H22N2O5S. The zero-order valence-electron chi connectivity index (χ0n) is 14.9. The number of fused-ring (bicyclic) bond motifs is 1. The number of thioether (sulfide) groups is 1. The van der Waals surface area contributed by atoms with Crippen LogP contribution in [0.25, 0.3) is 10.9 Å². The maximum atomic E-state index is 12.8. The quantitative estimate of drug-likeness (QED) is 0.310. The van der Waals surface area contributed by atoms with Crippen molar-refractivity contribution in [1.82, 2.24) is 9.55 Å². The molecule has 1 aromatic carbocycles. The molecule has 26 heavy (non-hydrogen) atoms. The Morgan fingerprint density at radius 2 is 2.04 bits per heavy atom. The highest BCUT2D eigenvalue weighted by Gasteiger charge is 2.15. The van der Waals surface area contributed by atoms with E-state index >= 15 is 0 Å². The lowest BCUT2D eigenvalue weighted by atomic mass is 10.1. The molecule has 8 heteroatoms. The van der Waals surface area contributed by atoms with Gasteiger partial charge in [0.25, 0.3) is 5.56 Å². The highest BCUT2D eigenvalue weighted by atomic mass is 32.2. The van der Waals surface area contributed by atoms with Crippen LogP contribution in [0.1, 0.15) is 43.5 Å². The summed E-state index contributed by atoms with van der Waals surface area (Å²) < 4.78 is 6.48. The summed E-state index contributed by atoms with van der Waals surface area (Å²) in [4.78, 5) is 40.1. The van der Waals surface area contributed by atoms with E-state index in [0.29, 0.717) is 22.6 Å². The number of carbonyl (C=O) groups excluding carboxylic acids is 1. The number of hydrogen-bond acceptors (Lipinski definition) is 6. The second-order valence-corrected chi connectivity index (χ2v) is 6.63. The van der Waals surface area contributed by atoms with Crippen molar-refractivity contribution in [3.8, 4) is 0 Å². The molecule has 2 rings (SSSR count). The SMILES string of the molecule is CCCCCn1c(SCC(=O)OCC)nc2cc(C(=O)O)ccc2c1=O. The normalized spacial score (nSPS) is 10.8. The van der Waals surface area contributed by atoms with Gasteiger partial charge < -0.3 is 9.84 Å². The lowest BCUT2D eigenvalue weighted by molar-refractivity contribution is -0.139. The largest absolute Gasteiger partial charge is 0.478 e. The first-order valence-electron chi connectivity index (χ1n) is 8.54. The van der Waals surface area contributed by atoms with E-state index in [1.54, 1.807) is 11.5 Å². The topological polar surface area (TPSA) is 98.5 Å². The Labute approximate surface area is 155 Å². The van der Waals surface area contributed by atoms with E-state index in [0.717, 1.165) is 31.0 Å². The van der Waals surface area contributed by atoms with Crippen molar-refractivity contribution in [2.24, 2.45) is 0 Å². The summed E-state index contributed by atoms with van der Waals surface area (Å²) in [6.07, 6.45) is 2.82. The molecule has 1 aromatic heterocycles. The van der Waals surface area contributed by atoms with E-state index in [9.17, 15) is 14.4 Å². The maximum absolute atomic E-state index is 12.8. The molecule has 0 aliphatic carbocycles. The number of esters is 1. The van der Waals surface area contributed by atoms with E-state index in [2.05, 4.69) is 11.9 Å². The van der Waals surface area contributed by atoms with E-state index in [4.69, 9.17) is 9.84 Å². The van der Waals surface area contributed by atoms with Crippen molar-refractivity contribution in [2.45, 2.75) is 44.8 Å². The predicted octanol–water partition coefficient (Wildman–Crippen LogP) is 2.94. The number of unbranched alkanes of at least 4 members (excludes halogenated alkanes) is 2. The maximum Gasteiger partial charge on any atom is 0.335 e. The summed E-state index contributed by atoms with van der Waals surface area (Å²) in [7, 11) is 0. The van der Waals surface area contributed by atoms with Crippen LogP contribution in [0.4, 0.5) is 0 Å². The third-order valence-electron chi connectivity index (χ3n) is 3.78. The summed E-state index contributed by atoms with van der Waals surface area (Å²) in [5, 5.41) is 9.90. The lowest BCUT2D eigenvalue weighted by Gasteiger charge is -2.13. The fourth-order valence-electron chi connectivity index (χ4n) is 2.49. The van der Waals surface area contributed by atoms with Gasteiger partial charge in [-0.2, -0.15) is 0 Å². The van der Waals surface area contributed by atoms with Crippen LogP contribution in [0.15, 0.2) is 28.2 Å². The Bertz CT molecular complexity index is 863. The summed E-state index contributed by atoms with van der Waals surface area (Å²) in [5.41, 5.74) is 0.150. The molecule has 0 aliphatic rings. The van der Waals surface area contributed by atoms with Gasteiger partial charge in [0.1, 0.15) is 0 Å². The zero-order chi connectivity index (χ0) is 19.1. The molecule has 1 heterocycles. The number of ether oxygens (including phenoxy) is 1. The van der Waals surface area contributed by atoms with Gasteiger partial charge in [-0.1, -0.05) is 31.5 Å². The molecule has 0 atom stereocenters. The summed E-state index contributed by atoms with van der Waals surface area (Å²) in [6.45, 7) is 4.59. The number of aromatic carboxylic acids is 1. The molecule has 0 spiro atoms. The number of hydrogen-bond donors (Lipinski definition) is 1. The van der Waals surface area contributed by atoms with E-state index in [1.165, 1.54) is 18.2 Å². The third-order valence-corrected chi connectivity index (χ3v) is 4.73. The van der Waals surface area contributed by atoms with Crippen LogP contribution >= 0.6 is 11.8 Å². The first-order chi connectivity index (χ1) is 12.5. The van der Waals surface area contributed by atoms with Crippen molar-refractivity contribution in [3.63, 3.8) is 0 Å². The van der Waals surface area contributed by atoms with Gasteiger partial charge in [-0.3, -0.25) is 14.2 Å². The Morgan fingerprint density at radius 3 is 2.69 bits per heavy atom. The minimum Gasteiger partial charge on any atom is -0.478 e. The minimum absolute atomic E-state index is 0.0399. The standard InChI is InChI=1S/C18H22N2O5S/c1-3-5-6-9-20-16(22)13-8-7-12(17(23)24)10-14(13)19-18(20)26-11-15(21)25-4-2/h7-8,10H,3-6,9,11H2,1-2H3,(H,23,24). The van der Waals surface area contributed by atoms with Gasteiger partial charge in [0.05, 0.1) is 28.8 Å². The van der Waals surface area contributed by atoms with Crippen molar-refractivity contribution in [1.29, 1.82) is 0 Å². The van der Waals surface area contributed by atoms with Crippen LogP contribution in [0, 0.1) is 0 Å². The molecule has 2 aromatic rings. The molecule has 0 bridgehead atoms. The van der Waals surface area contributed by atoms with Crippen LogP contribution in [0.3, 0.4) is 0 Å². The average Bonchev–Trinajstić information content (AvgIpc) is 2.62. The fraction of sp³-hybridized carbons (Fsp3) is 0.444. The molecule has 0 saturated heterocycles. The predicted molar refractivity (Wildman–Crippen MR) is 99.8 cm³/mol. The Hall–Kier alpha value is -2.35. The van der Waals surface area contributed by atoms with Crippen LogP contribution < -0.4 is 5.56 Å². The molecule has 0 fully saturated rings. The van der Waals surface area contributed by atoms with Crippen LogP contribution in [0.2, 0.25) is 0 Å². The fourth-order valence-corrected chi connectivity index (χ4v) is 3.31. The third kappa shape index (κ3) is 4.85. The van der Waals surface area contributed by atoms with Crippen molar-refractivity contribution >= 4 is 34.6 Å². The number of aromatic nitrogens is 2. The number of carbonyl (C=O) groups is 2. The molecule has 0 saturated carbocycles. The van der Waals surface area contributed by atoms with Gasteiger partial charge in [0, 0.05) is 6.54 Å². The molecular weight excluding hydrogens is 356 g/mol. The van der Waals surface area contributed by atoms with Crippen LogP contribution in [-0.2, 0) is 16.1 Å².